The Morgan fingerprint density at radius 2 is 1.93 bits per heavy atom. The molecule has 2 atom stereocenters. The molecule has 0 radical (unpaired) electrons. The highest BCUT2D eigenvalue weighted by atomic mass is 19.4. The van der Waals surface area contributed by atoms with Gasteiger partial charge in [-0.15, -0.1) is 0 Å². The fraction of sp³-hybridized carbons (Fsp3) is 0.406. The summed E-state index contributed by atoms with van der Waals surface area (Å²) < 4.78 is 39.6. The number of Topliss-reactive ketones (excluding diaryl/α,β-unsaturated/α-hetero) is 1. The summed E-state index contributed by atoms with van der Waals surface area (Å²) in [6, 6.07) is 11.2. The normalized spacial score (nSPS) is 21.1. The van der Waals surface area contributed by atoms with E-state index in [-0.39, 0.29) is 36.9 Å². The number of aromatic nitrogens is 2. The number of carbonyl (C=O) groups is 2. The molecule has 1 amide bonds. The van der Waals surface area contributed by atoms with Crippen molar-refractivity contribution in [3.8, 4) is 0 Å². The van der Waals surface area contributed by atoms with Crippen molar-refractivity contribution in [2.45, 2.75) is 75.7 Å². The lowest BCUT2D eigenvalue weighted by atomic mass is 9.86. The van der Waals surface area contributed by atoms with Gasteiger partial charge in [0.15, 0.2) is 5.78 Å². The third-order valence-electron chi connectivity index (χ3n) is 8.68. The molecule has 1 aromatic carbocycles. The smallest absolute Gasteiger partial charge is 0.327 e. The monoisotopic (exact) mass is 575 g/mol. The molecule has 218 valence electrons. The van der Waals surface area contributed by atoms with Crippen LogP contribution in [0.5, 0.6) is 0 Å². The highest BCUT2D eigenvalue weighted by Gasteiger charge is 2.54. The Hall–Kier alpha value is -3.92. The number of aliphatic imine (C=N–C) groups is 1. The number of benzene rings is 1. The van der Waals surface area contributed by atoms with E-state index in [0.717, 1.165) is 41.9 Å². The maximum absolute atomic E-state index is 14.6. The third-order valence-corrected chi connectivity index (χ3v) is 8.68. The van der Waals surface area contributed by atoms with E-state index in [1.807, 2.05) is 31.2 Å². The second-order valence-electron chi connectivity index (χ2n) is 11.5. The first kappa shape index (κ1) is 28.2. The highest BCUT2D eigenvalue weighted by molar-refractivity contribution is 6.13. The van der Waals surface area contributed by atoms with Gasteiger partial charge in [-0.05, 0) is 74.4 Å². The highest BCUT2D eigenvalue weighted by Crippen LogP contribution is 2.52. The van der Waals surface area contributed by atoms with Gasteiger partial charge in [-0.2, -0.15) is 13.2 Å². The predicted molar refractivity (Wildman–Crippen MR) is 151 cm³/mol. The maximum Gasteiger partial charge on any atom is 0.417 e. The maximum atomic E-state index is 14.6. The van der Waals surface area contributed by atoms with E-state index in [1.54, 1.807) is 17.2 Å². The van der Waals surface area contributed by atoms with Crippen molar-refractivity contribution in [3.05, 3.63) is 94.1 Å². The molecular weight excluding hydrogens is 543 g/mol. The van der Waals surface area contributed by atoms with Gasteiger partial charge in [0, 0.05) is 36.5 Å². The summed E-state index contributed by atoms with van der Waals surface area (Å²) >= 11 is 0. The average Bonchev–Trinajstić information content (AvgIpc) is 3.80. The molecule has 7 nitrogen and oxygen atoms in total. The zero-order valence-electron chi connectivity index (χ0n) is 23.3. The minimum absolute atomic E-state index is 0.00712. The van der Waals surface area contributed by atoms with Crippen molar-refractivity contribution in [1.29, 1.82) is 0 Å². The lowest BCUT2D eigenvalue weighted by Gasteiger charge is -2.37. The zero-order chi connectivity index (χ0) is 29.6. The number of aryl methyl sites for hydroxylation is 1. The van der Waals surface area contributed by atoms with E-state index >= 15 is 0 Å². The Morgan fingerprint density at radius 1 is 1.12 bits per heavy atom. The third kappa shape index (κ3) is 5.12. The van der Waals surface area contributed by atoms with Crippen LogP contribution in [0.15, 0.2) is 59.9 Å². The van der Waals surface area contributed by atoms with Crippen LogP contribution >= 0.6 is 0 Å². The van der Waals surface area contributed by atoms with Crippen LogP contribution in [-0.2, 0) is 29.4 Å². The van der Waals surface area contributed by atoms with E-state index in [9.17, 15) is 22.8 Å². The zero-order valence-corrected chi connectivity index (χ0v) is 23.3. The molecule has 0 bridgehead atoms. The molecule has 10 heteroatoms. The van der Waals surface area contributed by atoms with Crippen LogP contribution in [0.3, 0.4) is 0 Å². The largest absolute Gasteiger partial charge is 0.417 e. The minimum Gasteiger partial charge on any atom is -0.327 e. The van der Waals surface area contributed by atoms with Crippen LogP contribution in [0.1, 0.15) is 89.1 Å². The molecule has 1 saturated carbocycles. The van der Waals surface area contributed by atoms with Crippen molar-refractivity contribution >= 4 is 17.4 Å². The number of nitrogens with two attached hydrogens (primary N) is 1. The minimum atomic E-state index is -4.50. The number of pyridine rings is 2. The van der Waals surface area contributed by atoms with Crippen molar-refractivity contribution in [3.63, 3.8) is 0 Å². The lowest BCUT2D eigenvalue weighted by Crippen LogP contribution is -2.43. The number of hydrogen-bond acceptors (Lipinski definition) is 6. The van der Waals surface area contributed by atoms with Gasteiger partial charge >= 0.3 is 6.18 Å². The average molecular weight is 576 g/mol. The van der Waals surface area contributed by atoms with Gasteiger partial charge in [0.25, 0.3) is 0 Å². The molecule has 3 aliphatic rings. The fourth-order valence-electron chi connectivity index (χ4n) is 6.34. The molecule has 0 spiro atoms. The first-order valence-electron chi connectivity index (χ1n) is 14.3. The molecule has 3 heterocycles. The number of fused-ring (bicyclic) bond motifs is 2. The molecular formula is C32H32F3N5O2. The van der Waals surface area contributed by atoms with E-state index in [4.69, 9.17) is 5.73 Å². The second kappa shape index (κ2) is 10.7. The lowest BCUT2D eigenvalue weighted by molar-refractivity contribution is -0.139. The summed E-state index contributed by atoms with van der Waals surface area (Å²) in [5, 5.41) is 0. The fourth-order valence-corrected chi connectivity index (χ4v) is 6.34. The number of nitrogens with zero attached hydrogens (tertiary/aromatic N) is 4. The van der Waals surface area contributed by atoms with Gasteiger partial charge in [-0.1, -0.05) is 18.2 Å². The van der Waals surface area contributed by atoms with E-state index < -0.39 is 17.2 Å². The molecule has 0 saturated heterocycles. The molecule has 42 heavy (non-hydrogen) atoms. The first-order valence-corrected chi connectivity index (χ1v) is 14.3. The standard InChI is InChI=1S/C32H32F3N5O2/c1-19-14-28(41)24-10-8-21(15-25(24)26(16-36)39-19)31(11-12-31)30(42)40(18-23-9-7-22(17-38-23)32(33,34)35)27-6-2-4-20-5-3-13-37-29(20)27/h3,5,7-10,13,15,17,19,27H,2,4,6,11-12,14,16,18,36H2,1H3/t19?,27-/m0/s1. The molecule has 1 fully saturated rings. The Morgan fingerprint density at radius 3 is 2.62 bits per heavy atom. The molecule has 1 unspecified atom stereocenters. The van der Waals surface area contributed by atoms with Gasteiger partial charge in [-0.25, -0.2) is 0 Å². The van der Waals surface area contributed by atoms with E-state index in [0.29, 0.717) is 48.2 Å². The number of amides is 1. The Kier molecular flexibility index (Phi) is 7.21. The van der Waals surface area contributed by atoms with Crippen molar-refractivity contribution in [1.82, 2.24) is 14.9 Å². The number of hydrogen-bond donors (Lipinski definition) is 1. The number of alkyl halides is 3. The Balaban J connectivity index is 1.40. The molecule has 3 aromatic rings. The van der Waals surface area contributed by atoms with Crippen LogP contribution in [0.4, 0.5) is 13.2 Å². The van der Waals surface area contributed by atoms with E-state index in [2.05, 4.69) is 15.0 Å². The first-order chi connectivity index (χ1) is 20.1. The number of ketones is 1. The summed E-state index contributed by atoms with van der Waals surface area (Å²) in [6.07, 6.45) is 1.94. The SMILES string of the molecule is CC1CC(=O)c2ccc(C3(C(=O)N(Cc4ccc(C(F)(F)F)cn4)[C@H]4CCCc5cccnc54)CC3)cc2C(CN)=N1. The van der Waals surface area contributed by atoms with Crippen LogP contribution in [-0.4, -0.2) is 44.9 Å². The molecule has 1 aliphatic heterocycles. The number of halogens is 3. The van der Waals surface area contributed by atoms with Crippen molar-refractivity contribution in [2.75, 3.05) is 6.54 Å². The van der Waals surface area contributed by atoms with Gasteiger partial charge < -0.3 is 10.6 Å². The molecule has 6 rings (SSSR count). The summed E-state index contributed by atoms with van der Waals surface area (Å²) in [4.78, 5) is 42.7. The molecule has 2 N–H and O–H groups in total. The van der Waals surface area contributed by atoms with Gasteiger partial charge in [-0.3, -0.25) is 24.5 Å². The van der Waals surface area contributed by atoms with Gasteiger partial charge in [0.2, 0.25) is 5.91 Å². The quantitative estimate of drug-likeness (QED) is 0.427. The van der Waals surface area contributed by atoms with E-state index in [1.165, 1.54) is 6.07 Å². The summed E-state index contributed by atoms with van der Waals surface area (Å²) in [5.74, 6) is -0.125. The topological polar surface area (TPSA) is 102 Å². The van der Waals surface area contributed by atoms with Crippen molar-refractivity contribution < 1.29 is 22.8 Å². The molecule has 2 aliphatic carbocycles. The summed E-state index contributed by atoms with van der Waals surface area (Å²) in [7, 11) is 0. The Labute approximate surface area is 242 Å². The summed E-state index contributed by atoms with van der Waals surface area (Å²) in [5.41, 5.74) is 9.30. The molecule has 2 aromatic heterocycles. The second-order valence-corrected chi connectivity index (χ2v) is 11.5. The predicted octanol–water partition coefficient (Wildman–Crippen LogP) is 5.36. The number of carbonyl (C=O) groups excluding carboxylic acids is 2. The van der Waals surface area contributed by atoms with Crippen LogP contribution in [0.2, 0.25) is 0 Å². The number of rotatable bonds is 6. The van der Waals surface area contributed by atoms with Crippen LogP contribution < -0.4 is 5.73 Å². The van der Waals surface area contributed by atoms with Crippen LogP contribution in [0, 0.1) is 0 Å². The van der Waals surface area contributed by atoms with Crippen LogP contribution in [0.25, 0.3) is 0 Å². The van der Waals surface area contributed by atoms with Gasteiger partial charge in [0.1, 0.15) is 0 Å². The Bertz CT molecular complexity index is 1560. The van der Waals surface area contributed by atoms with Gasteiger partial charge in [0.05, 0.1) is 46.7 Å². The summed E-state index contributed by atoms with van der Waals surface area (Å²) in [6.45, 7) is 2.11. The van der Waals surface area contributed by atoms with Crippen molar-refractivity contribution in [2.24, 2.45) is 10.7 Å².